The van der Waals surface area contributed by atoms with Crippen LogP contribution in [0, 0.1) is 5.82 Å². The van der Waals surface area contributed by atoms with Crippen LogP contribution in [0.25, 0.3) is 22.2 Å². The first-order valence-electron chi connectivity index (χ1n) is 15.4. The van der Waals surface area contributed by atoms with Crippen LogP contribution in [0.2, 0.25) is 0 Å². The van der Waals surface area contributed by atoms with E-state index in [-0.39, 0.29) is 27.0 Å². The first-order chi connectivity index (χ1) is 20.5. The Morgan fingerprint density at radius 3 is 1.91 bits per heavy atom. The highest BCUT2D eigenvalue weighted by atomic mass is 32.2. The number of aromatic nitrogens is 1. The quantitative estimate of drug-likeness (QED) is 0.0806. The maximum absolute atomic E-state index is 14.7. The van der Waals surface area contributed by atoms with Gasteiger partial charge in [-0.15, -0.1) is 0 Å². The van der Waals surface area contributed by atoms with E-state index in [2.05, 4.69) is 16.9 Å². The van der Waals surface area contributed by atoms with Crippen molar-refractivity contribution in [1.82, 2.24) is 9.40 Å². The van der Waals surface area contributed by atoms with E-state index in [0.29, 0.717) is 17.6 Å². The summed E-state index contributed by atoms with van der Waals surface area (Å²) in [6, 6.07) is 11.6. The average molecular weight is 636 g/mol. The molecular formula is C32H46FN3O5S2. The van der Waals surface area contributed by atoms with Crippen LogP contribution in [0.4, 0.5) is 4.39 Å². The van der Waals surface area contributed by atoms with E-state index >= 15 is 0 Å². The smallest absolute Gasteiger partial charge is 0.294 e. The van der Waals surface area contributed by atoms with Gasteiger partial charge in [0.1, 0.15) is 5.82 Å². The first kappa shape index (κ1) is 34.7. The van der Waals surface area contributed by atoms with Crippen LogP contribution in [0.1, 0.15) is 96.8 Å². The lowest BCUT2D eigenvalue weighted by Crippen LogP contribution is -2.25. The monoisotopic (exact) mass is 635 g/mol. The molecular weight excluding hydrogens is 590 g/mol. The molecule has 2 N–H and O–H groups in total. The van der Waals surface area contributed by atoms with Crippen LogP contribution in [-0.4, -0.2) is 31.7 Å². The highest BCUT2D eigenvalue weighted by Crippen LogP contribution is 2.25. The predicted octanol–water partition coefficient (Wildman–Crippen LogP) is 7.45. The van der Waals surface area contributed by atoms with Gasteiger partial charge in [-0.2, -0.15) is 13.5 Å². The summed E-state index contributed by atoms with van der Waals surface area (Å²) < 4.78 is 75.0. The molecule has 2 aromatic carbocycles. The molecule has 0 unspecified atom stereocenters. The zero-order valence-corrected chi connectivity index (χ0v) is 27.0. The molecule has 1 aromatic heterocycles. The molecule has 0 atom stereocenters. The molecule has 0 radical (unpaired) electrons. The number of unbranched alkanes of at least 4 members (excludes halogenated alkanes) is 13. The molecule has 0 bridgehead atoms. The van der Waals surface area contributed by atoms with Crippen LogP contribution in [0.5, 0.6) is 0 Å². The minimum Gasteiger partial charge on any atom is -0.343 e. The molecule has 1 heterocycles. The zero-order chi connectivity index (χ0) is 31.3. The molecule has 0 saturated carbocycles. The topological polar surface area (TPSA) is 118 Å². The van der Waals surface area contributed by atoms with E-state index < -0.39 is 26.0 Å². The molecule has 0 saturated heterocycles. The third-order valence-electron chi connectivity index (χ3n) is 7.76. The van der Waals surface area contributed by atoms with Crippen molar-refractivity contribution >= 4 is 31.0 Å². The summed E-state index contributed by atoms with van der Waals surface area (Å²) in [6.07, 6.45) is 16.3. The summed E-state index contributed by atoms with van der Waals surface area (Å²) >= 11 is 0. The SMILES string of the molecule is CCCCCCCCCCCCCCCCS(=O)(=O)N/N=c1\cc(-c2ccccc2F)n(C)c2ccc(S(=O)(=O)O)cc12. The number of halogens is 1. The zero-order valence-electron chi connectivity index (χ0n) is 25.4. The Morgan fingerprint density at radius 2 is 1.35 bits per heavy atom. The van der Waals surface area contributed by atoms with Crippen LogP contribution in [0.3, 0.4) is 0 Å². The molecule has 238 valence electrons. The van der Waals surface area contributed by atoms with Crippen molar-refractivity contribution in [2.24, 2.45) is 12.1 Å². The van der Waals surface area contributed by atoms with Crippen molar-refractivity contribution in [2.45, 2.75) is 102 Å². The third-order valence-corrected chi connectivity index (χ3v) is 9.80. The van der Waals surface area contributed by atoms with Crippen molar-refractivity contribution in [3.05, 3.63) is 59.7 Å². The van der Waals surface area contributed by atoms with Crippen LogP contribution < -0.4 is 10.2 Å². The highest BCUT2D eigenvalue weighted by molar-refractivity contribution is 7.89. The Morgan fingerprint density at radius 1 is 0.791 bits per heavy atom. The first-order valence-corrected chi connectivity index (χ1v) is 18.5. The van der Waals surface area contributed by atoms with E-state index in [1.165, 1.54) is 94.5 Å². The van der Waals surface area contributed by atoms with Crippen molar-refractivity contribution in [2.75, 3.05) is 5.75 Å². The average Bonchev–Trinajstić information content (AvgIpc) is 2.97. The Bertz CT molecular complexity index is 1620. The Balaban J connectivity index is 1.61. The van der Waals surface area contributed by atoms with Gasteiger partial charge < -0.3 is 4.57 Å². The molecule has 43 heavy (non-hydrogen) atoms. The Kier molecular flexibility index (Phi) is 13.7. The van der Waals surface area contributed by atoms with Crippen LogP contribution in [0.15, 0.2) is 58.5 Å². The fourth-order valence-corrected chi connectivity index (χ4v) is 6.70. The molecule has 0 amide bonds. The van der Waals surface area contributed by atoms with E-state index in [4.69, 9.17) is 0 Å². The van der Waals surface area contributed by atoms with Crippen molar-refractivity contribution in [3.8, 4) is 11.3 Å². The van der Waals surface area contributed by atoms with Gasteiger partial charge in [0.2, 0.25) is 10.0 Å². The number of benzene rings is 2. The minimum atomic E-state index is -4.52. The predicted molar refractivity (Wildman–Crippen MR) is 171 cm³/mol. The maximum Gasteiger partial charge on any atom is 0.294 e. The largest absolute Gasteiger partial charge is 0.343 e. The van der Waals surface area contributed by atoms with Gasteiger partial charge in [0.15, 0.2) is 0 Å². The van der Waals surface area contributed by atoms with Gasteiger partial charge in [0, 0.05) is 18.0 Å². The summed E-state index contributed by atoms with van der Waals surface area (Å²) in [5, 5.41) is 4.49. The number of aryl methyl sites for hydroxylation is 1. The summed E-state index contributed by atoms with van der Waals surface area (Å²) in [6.45, 7) is 2.24. The van der Waals surface area contributed by atoms with Gasteiger partial charge in [-0.3, -0.25) is 4.55 Å². The molecule has 8 nitrogen and oxygen atoms in total. The van der Waals surface area contributed by atoms with E-state index in [0.717, 1.165) is 19.3 Å². The third kappa shape index (κ3) is 11.0. The number of hydrogen-bond donors (Lipinski definition) is 2. The van der Waals surface area contributed by atoms with Crippen molar-refractivity contribution in [1.29, 1.82) is 0 Å². The molecule has 0 spiro atoms. The van der Waals surface area contributed by atoms with E-state index in [9.17, 15) is 25.8 Å². The van der Waals surface area contributed by atoms with Gasteiger partial charge in [0.05, 0.1) is 27.2 Å². The minimum absolute atomic E-state index is 0.0937. The second-order valence-corrected chi connectivity index (χ2v) is 14.5. The highest BCUT2D eigenvalue weighted by Gasteiger charge is 2.16. The number of rotatable bonds is 19. The standard InChI is InChI=1S/C32H46FN3O5S2/c1-3-4-5-6-7-8-9-10-11-12-13-14-15-18-23-42(37,38)35-34-30-25-32(27-19-16-17-20-29(27)33)36(2)31-22-21-26(24-28(30)31)43(39,40)41/h16-17,19-22,24-25,35H,3-15,18,23H2,1-2H3,(H,39,40,41)/b34-30+. The number of pyridine rings is 1. The number of fused-ring (bicyclic) bond motifs is 1. The Hall–Kier alpha value is -2.76. The van der Waals surface area contributed by atoms with E-state index in [1.54, 1.807) is 29.8 Å². The maximum atomic E-state index is 14.7. The fraction of sp³-hybridized carbons (Fsp3) is 0.531. The van der Waals surface area contributed by atoms with Gasteiger partial charge >= 0.3 is 0 Å². The van der Waals surface area contributed by atoms with Gasteiger partial charge in [-0.25, -0.2) is 17.6 Å². The number of hydrogen-bond acceptors (Lipinski definition) is 5. The van der Waals surface area contributed by atoms with Crippen molar-refractivity contribution in [3.63, 3.8) is 0 Å². The molecule has 11 heteroatoms. The molecule has 0 aliphatic carbocycles. The van der Waals surface area contributed by atoms with E-state index in [1.807, 2.05) is 0 Å². The number of nitrogens with zero attached hydrogens (tertiary/aromatic N) is 2. The lowest BCUT2D eigenvalue weighted by molar-refractivity contribution is 0.483. The Labute approximate surface area is 256 Å². The summed E-state index contributed by atoms with van der Waals surface area (Å²) in [4.78, 5) is 1.91. The number of nitrogens with one attached hydrogen (secondary N) is 1. The molecule has 3 rings (SSSR count). The second kappa shape index (κ2) is 16.9. The normalized spacial score (nSPS) is 12.7. The lowest BCUT2D eigenvalue weighted by atomic mass is 10.0. The number of sulfonamides is 1. The summed E-state index contributed by atoms with van der Waals surface area (Å²) in [7, 11) is -6.60. The van der Waals surface area contributed by atoms with Crippen molar-refractivity contribution < 1.29 is 25.8 Å². The van der Waals surface area contributed by atoms with Gasteiger partial charge in [-0.05, 0) is 42.8 Å². The molecule has 0 aliphatic rings. The molecule has 3 aromatic rings. The van der Waals surface area contributed by atoms with Crippen LogP contribution >= 0.6 is 0 Å². The fourth-order valence-electron chi connectivity index (χ4n) is 5.28. The lowest BCUT2D eigenvalue weighted by Gasteiger charge is -2.15. The summed E-state index contributed by atoms with van der Waals surface area (Å²) in [5.41, 5.74) is 1.15. The molecule has 0 fully saturated rings. The second-order valence-electron chi connectivity index (χ2n) is 11.2. The van der Waals surface area contributed by atoms with Crippen LogP contribution in [-0.2, 0) is 27.2 Å². The molecule has 0 aliphatic heterocycles. The van der Waals surface area contributed by atoms with Gasteiger partial charge in [0.25, 0.3) is 10.1 Å². The summed E-state index contributed by atoms with van der Waals surface area (Å²) in [5.74, 6) is -0.569. The van der Waals surface area contributed by atoms with Gasteiger partial charge in [-0.1, -0.05) is 103 Å².